The van der Waals surface area contributed by atoms with E-state index in [9.17, 15) is 9.59 Å². The zero-order valence-corrected chi connectivity index (χ0v) is 16.0. The number of aromatic nitrogens is 1. The lowest BCUT2D eigenvalue weighted by Crippen LogP contribution is -2.35. The third-order valence-corrected chi connectivity index (χ3v) is 4.16. The average molecular weight is 416 g/mol. The van der Waals surface area contributed by atoms with Crippen molar-refractivity contribution >= 4 is 40.7 Å². The van der Waals surface area contributed by atoms with Crippen LogP contribution in [0.1, 0.15) is 5.56 Å². The maximum Gasteiger partial charge on any atom is 0.313 e. The fourth-order valence-electron chi connectivity index (χ4n) is 2.28. The molecule has 8 heteroatoms. The van der Waals surface area contributed by atoms with Gasteiger partial charge in [0.25, 0.3) is 0 Å². The first-order valence-electron chi connectivity index (χ1n) is 8.23. The molecule has 0 radical (unpaired) electrons. The molecule has 0 aliphatic rings. The van der Waals surface area contributed by atoms with E-state index in [0.717, 1.165) is 5.56 Å². The molecule has 3 aromatic rings. The predicted molar refractivity (Wildman–Crippen MR) is 108 cm³/mol. The summed E-state index contributed by atoms with van der Waals surface area (Å²) in [4.78, 5) is 28.2. The first-order chi connectivity index (χ1) is 13.5. The molecular weight excluding hydrogens is 401 g/mol. The van der Waals surface area contributed by atoms with Gasteiger partial charge in [-0.3, -0.25) is 14.6 Å². The molecule has 2 N–H and O–H groups in total. The highest BCUT2D eigenvalue weighted by molar-refractivity contribution is 6.39. The van der Waals surface area contributed by atoms with E-state index in [0.29, 0.717) is 27.2 Å². The molecule has 0 bridgehead atoms. The molecule has 2 amide bonds. The Balaban J connectivity index is 1.67. The van der Waals surface area contributed by atoms with E-state index in [1.807, 2.05) is 0 Å². The van der Waals surface area contributed by atoms with Crippen molar-refractivity contribution < 1.29 is 14.3 Å². The zero-order valence-electron chi connectivity index (χ0n) is 14.5. The van der Waals surface area contributed by atoms with Crippen molar-refractivity contribution in [1.29, 1.82) is 0 Å². The molecule has 0 spiro atoms. The number of halogens is 2. The number of carbonyl (C=O) groups excluding carboxylic acids is 2. The average Bonchev–Trinajstić information content (AvgIpc) is 2.70. The molecule has 28 heavy (non-hydrogen) atoms. The number of anilines is 1. The Bertz CT molecular complexity index is 997. The highest BCUT2D eigenvalue weighted by Gasteiger charge is 2.16. The summed E-state index contributed by atoms with van der Waals surface area (Å²) in [5, 5.41) is 5.87. The molecule has 0 saturated carbocycles. The maximum atomic E-state index is 12.2. The topological polar surface area (TPSA) is 80.3 Å². The van der Waals surface area contributed by atoms with Gasteiger partial charge in [0.05, 0.1) is 10.7 Å². The van der Waals surface area contributed by atoms with E-state index in [1.54, 1.807) is 67.0 Å². The lowest BCUT2D eigenvalue weighted by molar-refractivity contribution is -0.136. The zero-order chi connectivity index (χ0) is 19.9. The van der Waals surface area contributed by atoms with Gasteiger partial charge in [0.2, 0.25) is 0 Å². The number of hydrogen-bond acceptors (Lipinski definition) is 4. The van der Waals surface area contributed by atoms with Crippen LogP contribution in [0.5, 0.6) is 11.5 Å². The first-order valence-corrected chi connectivity index (χ1v) is 8.98. The summed E-state index contributed by atoms with van der Waals surface area (Å²) in [5.74, 6) is -0.890. The van der Waals surface area contributed by atoms with Gasteiger partial charge < -0.3 is 15.4 Å². The number of nitrogens with one attached hydrogen (secondary N) is 2. The van der Waals surface area contributed by atoms with Gasteiger partial charge in [0.15, 0.2) is 5.75 Å². The monoisotopic (exact) mass is 415 g/mol. The summed E-state index contributed by atoms with van der Waals surface area (Å²) in [5.41, 5.74) is 1.11. The van der Waals surface area contributed by atoms with Crippen LogP contribution < -0.4 is 15.4 Å². The minimum absolute atomic E-state index is 0.193. The van der Waals surface area contributed by atoms with Crippen LogP contribution >= 0.6 is 23.2 Å². The van der Waals surface area contributed by atoms with Crippen molar-refractivity contribution in [3.8, 4) is 11.5 Å². The number of amides is 2. The standard InChI is InChI=1S/C20H15Cl2N3O3/c21-14-7-8-17(15(22)10-14)28-18-6-2-1-5-16(18)25-20(27)19(26)24-12-13-4-3-9-23-11-13/h1-11H,12H2,(H,24,26)(H,25,27). The van der Waals surface area contributed by atoms with Gasteiger partial charge in [0, 0.05) is 24.0 Å². The van der Waals surface area contributed by atoms with Crippen LogP contribution in [0.3, 0.4) is 0 Å². The SMILES string of the molecule is O=C(NCc1cccnc1)C(=O)Nc1ccccc1Oc1ccc(Cl)cc1Cl. The second-order valence-corrected chi connectivity index (χ2v) is 6.51. The number of para-hydroxylation sites is 2. The Morgan fingerprint density at radius 3 is 2.54 bits per heavy atom. The molecule has 3 rings (SSSR count). The summed E-state index contributed by atoms with van der Waals surface area (Å²) in [6.45, 7) is 0.193. The quantitative estimate of drug-likeness (QED) is 0.603. The van der Waals surface area contributed by atoms with Crippen LogP contribution in [0.15, 0.2) is 67.0 Å². The summed E-state index contributed by atoms with van der Waals surface area (Å²) in [6, 6.07) is 15.0. The molecule has 0 fully saturated rings. The number of carbonyl (C=O) groups is 2. The predicted octanol–water partition coefficient (Wildman–Crippen LogP) is 4.44. The van der Waals surface area contributed by atoms with E-state index < -0.39 is 11.8 Å². The Morgan fingerprint density at radius 2 is 1.79 bits per heavy atom. The summed E-state index contributed by atoms with van der Waals surface area (Å²) in [7, 11) is 0. The highest BCUT2D eigenvalue weighted by Crippen LogP contribution is 2.34. The number of benzene rings is 2. The van der Waals surface area contributed by atoms with Gasteiger partial charge >= 0.3 is 11.8 Å². The van der Waals surface area contributed by atoms with Gasteiger partial charge in [0.1, 0.15) is 5.75 Å². The number of rotatable bonds is 5. The van der Waals surface area contributed by atoms with Crippen LogP contribution in [0.2, 0.25) is 10.0 Å². The molecule has 142 valence electrons. The molecule has 0 aliphatic heterocycles. The molecule has 1 heterocycles. The molecular formula is C20H15Cl2N3O3. The normalized spacial score (nSPS) is 10.2. The second-order valence-electron chi connectivity index (χ2n) is 5.67. The summed E-state index contributed by atoms with van der Waals surface area (Å²) in [6.07, 6.45) is 3.24. The van der Waals surface area contributed by atoms with Crippen LogP contribution in [0.25, 0.3) is 0 Å². The molecule has 0 saturated heterocycles. The van der Waals surface area contributed by atoms with Crippen molar-refractivity contribution in [2.75, 3.05) is 5.32 Å². The minimum Gasteiger partial charge on any atom is -0.454 e. The number of nitrogens with zero attached hydrogens (tertiary/aromatic N) is 1. The molecule has 0 aliphatic carbocycles. The van der Waals surface area contributed by atoms with Crippen LogP contribution in [-0.2, 0) is 16.1 Å². The molecule has 0 atom stereocenters. The number of hydrogen-bond donors (Lipinski definition) is 2. The van der Waals surface area contributed by atoms with E-state index in [-0.39, 0.29) is 6.54 Å². The Kier molecular flexibility index (Phi) is 6.47. The Hall–Kier alpha value is -3.09. The molecule has 0 unspecified atom stereocenters. The molecule has 2 aromatic carbocycles. The Morgan fingerprint density at radius 1 is 0.964 bits per heavy atom. The fourth-order valence-corrected chi connectivity index (χ4v) is 2.73. The van der Waals surface area contributed by atoms with E-state index in [1.165, 1.54) is 0 Å². The minimum atomic E-state index is -0.817. The Labute approximate surface area is 171 Å². The van der Waals surface area contributed by atoms with Crippen molar-refractivity contribution in [2.24, 2.45) is 0 Å². The number of pyridine rings is 1. The largest absolute Gasteiger partial charge is 0.454 e. The van der Waals surface area contributed by atoms with E-state index >= 15 is 0 Å². The third kappa shape index (κ3) is 5.22. The maximum absolute atomic E-state index is 12.2. The molecule has 1 aromatic heterocycles. The van der Waals surface area contributed by atoms with Crippen molar-refractivity contribution in [3.63, 3.8) is 0 Å². The van der Waals surface area contributed by atoms with Crippen LogP contribution in [0, 0.1) is 0 Å². The highest BCUT2D eigenvalue weighted by atomic mass is 35.5. The lowest BCUT2D eigenvalue weighted by atomic mass is 10.2. The first kappa shape index (κ1) is 19.7. The summed E-state index contributed by atoms with van der Waals surface area (Å²) < 4.78 is 5.76. The van der Waals surface area contributed by atoms with Gasteiger partial charge in [-0.25, -0.2) is 0 Å². The van der Waals surface area contributed by atoms with Crippen molar-refractivity contribution in [2.45, 2.75) is 6.54 Å². The second kappa shape index (κ2) is 9.21. The number of ether oxygens (including phenoxy) is 1. The third-order valence-electron chi connectivity index (χ3n) is 3.63. The summed E-state index contributed by atoms with van der Waals surface area (Å²) >= 11 is 12.0. The van der Waals surface area contributed by atoms with E-state index in [4.69, 9.17) is 27.9 Å². The fraction of sp³-hybridized carbons (Fsp3) is 0.0500. The lowest BCUT2D eigenvalue weighted by Gasteiger charge is -2.13. The van der Waals surface area contributed by atoms with Gasteiger partial charge in [-0.2, -0.15) is 0 Å². The van der Waals surface area contributed by atoms with E-state index in [2.05, 4.69) is 15.6 Å². The van der Waals surface area contributed by atoms with Crippen LogP contribution in [0.4, 0.5) is 5.69 Å². The van der Waals surface area contributed by atoms with Gasteiger partial charge in [-0.1, -0.05) is 41.4 Å². The van der Waals surface area contributed by atoms with Crippen molar-refractivity contribution in [3.05, 3.63) is 82.6 Å². The van der Waals surface area contributed by atoms with Gasteiger partial charge in [-0.15, -0.1) is 0 Å². The van der Waals surface area contributed by atoms with Gasteiger partial charge in [-0.05, 0) is 42.0 Å². The molecule has 6 nitrogen and oxygen atoms in total. The smallest absolute Gasteiger partial charge is 0.313 e. The van der Waals surface area contributed by atoms with Crippen LogP contribution in [-0.4, -0.2) is 16.8 Å². The van der Waals surface area contributed by atoms with Crippen molar-refractivity contribution in [1.82, 2.24) is 10.3 Å².